The predicted octanol–water partition coefficient (Wildman–Crippen LogP) is 3.56. The van der Waals surface area contributed by atoms with E-state index in [2.05, 4.69) is 15.5 Å². The summed E-state index contributed by atoms with van der Waals surface area (Å²) in [5.41, 5.74) is 4.92. The van der Waals surface area contributed by atoms with Gasteiger partial charge in [0, 0.05) is 5.56 Å². The summed E-state index contributed by atoms with van der Waals surface area (Å²) in [6.45, 7) is 6.00. The summed E-state index contributed by atoms with van der Waals surface area (Å²) in [6.07, 6.45) is 0. The molecule has 122 valence electrons. The highest BCUT2D eigenvalue weighted by atomic mass is 32.2. The average molecular weight is 338 g/mol. The summed E-state index contributed by atoms with van der Waals surface area (Å²) in [4.78, 5) is 12.5. The molecule has 0 radical (unpaired) electrons. The molecular weight excluding hydrogens is 320 g/mol. The van der Waals surface area contributed by atoms with Crippen molar-refractivity contribution in [1.29, 1.82) is 0 Å². The molecule has 0 aliphatic heterocycles. The number of rotatable bonds is 5. The number of aryl methyl sites for hydroxylation is 3. The quantitative estimate of drug-likeness (QED) is 0.526. The van der Waals surface area contributed by atoms with Gasteiger partial charge in [-0.05, 0) is 54.5 Å². The van der Waals surface area contributed by atoms with E-state index in [9.17, 15) is 4.79 Å². The summed E-state index contributed by atoms with van der Waals surface area (Å²) >= 11 is 1.35. The number of tetrazole rings is 1. The summed E-state index contributed by atoms with van der Waals surface area (Å²) in [7, 11) is 0. The summed E-state index contributed by atoms with van der Waals surface area (Å²) < 4.78 is 1.66. The first-order chi connectivity index (χ1) is 11.5. The predicted molar refractivity (Wildman–Crippen MR) is 94.9 cm³/mol. The van der Waals surface area contributed by atoms with Crippen LogP contribution in [0.3, 0.4) is 0 Å². The van der Waals surface area contributed by atoms with Gasteiger partial charge in [-0.15, -0.1) is 5.10 Å². The van der Waals surface area contributed by atoms with Crippen LogP contribution in [0.25, 0.3) is 5.69 Å². The van der Waals surface area contributed by atoms with Crippen molar-refractivity contribution in [2.45, 2.75) is 25.9 Å². The van der Waals surface area contributed by atoms with E-state index in [4.69, 9.17) is 0 Å². The Morgan fingerprint density at radius 3 is 2.62 bits per heavy atom. The largest absolute Gasteiger partial charge is 0.293 e. The van der Waals surface area contributed by atoms with Crippen LogP contribution in [0, 0.1) is 20.8 Å². The molecule has 0 atom stereocenters. The molecule has 2 aromatic carbocycles. The van der Waals surface area contributed by atoms with Gasteiger partial charge in [-0.3, -0.25) is 4.79 Å². The first-order valence-corrected chi connectivity index (χ1v) is 8.62. The summed E-state index contributed by atoms with van der Waals surface area (Å²) in [6, 6.07) is 13.8. The lowest BCUT2D eigenvalue weighted by molar-refractivity contribution is 0.102. The number of aromatic nitrogens is 4. The number of ketones is 1. The molecule has 0 amide bonds. The van der Waals surface area contributed by atoms with Crippen LogP contribution in [0.2, 0.25) is 0 Å². The van der Waals surface area contributed by atoms with Crippen molar-refractivity contribution in [1.82, 2.24) is 20.2 Å². The van der Waals surface area contributed by atoms with Crippen molar-refractivity contribution >= 4 is 17.5 Å². The van der Waals surface area contributed by atoms with Crippen molar-refractivity contribution < 1.29 is 4.79 Å². The Kier molecular flexibility index (Phi) is 4.76. The van der Waals surface area contributed by atoms with Crippen molar-refractivity contribution in [3.63, 3.8) is 0 Å². The maximum absolute atomic E-state index is 12.5. The number of carbonyl (C=O) groups excluding carboxylic acids is 1. The minimum absolute atomic E-state index is 0.0799. The lowest BCUT2D eigenvalue weighted by Gasteiger charge is -2.07. The van der Waals surface area contributed by atoms with Gasteiger partial charge in [0.1, 0.15) is 0 Å². The van der Waals surface area contributed by atoms with E-state index in [0.717, 1.165) is 27.9 Å². The third-order valence-electron chi connectivity index (χ3n) is 3.70. The van der Waals surface area contributed by atoms with Gasteiger partial charge in [0.2, 0.25) is 5.16 Å². The molecule has 1 aromatic heterocycles. The van der Waals surface area contributed by atoms with E-state index < -0.39 is 0 Å². The minimum Gasteiger partial charge on any atom is -0.293 e. The molecule has 0 saturated carbocycles. The van der Waals surface area contributed by atoms with Crippen LogP contribution in [0.1, 0.15) is 27.0 Å². The summed E-state index contributed by atoms with van der Waals surface area (Å²) in [5, 5.41) is 12.4. The first kappa shape index (κ1) is 16.4. The molecule has 3 rings (SSSR count). The Balaban J connectivity index is 1.76. The number of Topliss-reactive ketones (excluding diaryl/α,β-unsaturated/α-hetero) is 1. The van der Waals surface area contributed by atoms with Crippen molar-refractivity contribution in [2.24, 2.45) is 0 Å². The summed E-state index contributed by atoms with van der Waals surface area (Å²) in [5.74, 6) is 0.382. The first-order valence-electron chi connectivity index (χ1n) is 7.63. The van der Waals surface area contributed by atoms with E-state index in [-0.39, 0.29) is 5.78 Å². The molecule has 0 bridgehead atoms. The molecule has 0 N–H and O–H groups in total. The van der Waals surface area contributed by atoms with Crippen LogP contribution in [0.5, 0.6) is 0 Å². The SMILES string of the molecule is Cc1cccc(-n2nnnc2SCC(=O)c2ccc(C)cc2C)c1. The van der Waals surface area contributed by atoms with E-state index in [1.54, 1.807) is 4.68 Å². The molecule has 24 heavy (non-hydrogen) atoms. The van der Waals surface area contributed by atoms with Gasteiger partial charge >= 0.3 is 0 Å². The van der Waals surface area contributed by atoms with E-state index in [1.165, 1.54) is 11.8 Å². The number of benzene rings is 2. The minimum atomic E-state index is 0.0799. The van der Waals surface area contributed by atoms with Gasteiger partial charge in [-0.1, -0.05) is 47.7 Å². The maximum atomic E-state index is 12.5. The van der Waals surface area contributed by atoms with Gasteiger partial charge in [-0.25, -0.2) is 0 Å². The van der Waals surface area contributed by atoms with Crippen LogP contribution in [-0.4, -0.2) is 31.7 Å². The molecule has 1 heterocycles. The molecule has 0 aliphatic rings. The maximum Gasteiger partial charge on any atom is 0.214 e. The lowest BCUT2D eigenvalue weighted by Crippen LogP contribution is -2.07. The van der Waals surface area contributed by atoms with Gasteiger partial charge in [0.25, 0.3) is 0 Å². The molecule has 3 aromatic rings. The highest BCUT2D eigenvalue weighted by Crippen LogP contribution is 2.21. The van der Waals surface area contributed by atoms with Gasteiger partial charge in [0.05, 0.1) is 11.4 Å². The Morgan fingerprint density at radius 1 is 1.08 bits per heavy atom. The molecular formula is C18H18N4OS. The average Bonchev–Trinajstić information content (AvgIpc) is 3.01. The zero-order valence-corrected chi connectivity index (χ0v) is 14.7. The second kappa shape index (κ2) is 6.97. The van der Waals surface area contributed by atoms with Crippen molar-refractivity contribution in [2.75, 3.05) is 5.75 Å². The third-order valence-corrected chi connectivity index (χ3v) is 4.62. The monoisotopic (exact) mass is 338 g/mol. The highest BCUT2D eigenvalue weighted by Gasteiger charge is 2.14. The van der Waals surface area contributed by atoms with Crippen LogP contribution in [-0.2, 0) is 0 Å². The standard InChI is InChI=1S/C18H18N4OS/c1-12-5-4-6-15(10-12)22-18(19-20-21-22)24-11-17(23)16-8-7-13(2)9-14(16)3/h4-10H,11H2,1-3H3. The molecule has 5 nitrogen and oxygen atoms in total. The fraction of sp³-hybridized carbons (Fsp3) is 0.222. The number of carbonyl (C=O) groups is 1. The molecule has 6 heteroatoms. The topological polar surface area (TPSA) is 60.7 Å². The van der Waals surface area contributed by atoms with Crippen molar-refractivity contribution in [3.05, 3.63) is 64.7 Å². The smallest absolute Gasteiger partial charge is 0.214 e. The molecule has 0 saturated heterocycles. The van der Waals surface area contributed by atoms with Gasteiger partial charge in [-0.2, -0.15) is 4.68 Å². The van der Waals surface area contributed by atoms with Crippen LogP contribution < -0.4 is 0 Å². The zero-order valence-electron chi connectivity index (χ0n) is 13.9. The molecule has 0 fully saturated rings. The third kappa shape index (κ3) is 3.54. The highest BCUT2D eigenvalue weighted by molar-refractivity contribution is 7.99. The number of hydrogen-bond acceptors (Lipinski definition) is 5. The van der Waals surface area contributed by atoms with Crippen LogP contribution in [0.4, 0.5) is 0 Å². The normalized spacial score (nSPS) is 10.8. The van der Waals surface area contributed by atoms with E-state index in [1.807, 2.05) is 63.2 Å². The van der Waals surface area contributed by atoms with E-state index >= 15 is 0 Å². The second-order valence-electron chi connectivity index (χ2n) is 5.74. The van der Waals surface area contributed by atoms with Gasteiger partial charge < -0.3 is 0 Å². The Labute approximate surface area is 145 Å². The number of nitrogens with zero attached hydrogens (tertiary/aromatic N) is 4. The van der Waals surface area contributed by atoms with Gasteiger partial charge in [0.15, 0.2) is 5.78 Å². The number of hydrogen-bond donors (Lipinski definition) is 0. The van der Waals surface area contributed by atoms with Crippen LogP contribution in [0.15, 0.2) is 47.6 Å². The zero-order chi connectivity index (χ0) is 17.1. The fourth-order valence-electron chi connectivity index (χ4n) is 2.52. The Bertz CT molecular complexity index is 888. The Hall–Kier alpha value is -2.47. The molecule has 0 aliphatic carbocycles. The molecule has 0 spiro atoms. The fourth-order valence-corrected chi connectivity index (χ4v) is 3.30. The van der Waals surface area contributed by atoms with E-state index in [0.29, 0.717) is 10.9 Å². The van der Waals surface area contributed by atoms with Crippen LogP contribution >= 0.6 is 11.8 Å². The molecule has 0 unspecified atom stereocenters. The second-order valence-corrected chi connectivity index (χ2v) is 6.68. The Morgan fingerprint density at radius 2 is 1.88 bits per heavy atom. The van der Waals surface area contributed by atoms with Crippen molar-refractivity contribution in [3.8, 4) is 5.69 Å². The number of thioether (sulfide) groups is 1. The lowest BCUT2D eigenvalue weighted by atomic mass is 10.0.